The minimum atomic E-state index is -0.710. The van der Waals surface area contributed by atoms with Crippen molar-refractivity contribution >= 4 is 34.9 Å². The number of nitrogens with zero attached hydrogens (tertiary/aromatic N) is 4. The van der Waals surface area contributed by atoms with Crippen molar-refractivity contribution in [3.05, 3.63) is 66.0 Å². The molecule has 4 amide bonds. The summed E-state index contributed by atoms with van der Waals surface area (Å²) in [5.74, 6) is 1.77. The van der Waals surface area contributed by atoms with Crippen molar-refractivity contribution in [1.82, 2.24) is 45.4 Å². The number of methoxy groups -OCH3 is 2. The number of likely N-dealkylation sites (tertiary alicyclic amines) is 2. The molecule has 16 heteroatoms. The van der Waals surface area contributed by atoms with Gasteiger partial charge in [-0.25, -0.2) is 19.6 Å². The highest BCUT2D eigenvalue weighted by molar-refractivity contribution is 5.96. The zero-order valence-corrected chi connectivity index (χ0v) is 36.6. The maximum absolute atomic E-state index is 13.7. The third kappa shape index (κ3) is 7.86. The van der Waals surface area contributed by atoms with Crippen molar-refractivity contribution in [1.29, 1.82) is 0 Å². The fraction of sp³-hybridized carbons (Fsp3) is 0.478. The van der Waals surface area contributed by atoms with Crippen LogP contribution in [0.3, 0.4) is 0 Å². The van der Waals surface area contributed by atoms with Gasteiger partial charge in [0.15, 0.2) is 0 Å². The minimum Gasteiger partial charge on any atom is -0.485 e. The second-order valence-corrected chi connectivity index (χ2v) is 17.6. The first kappa shape index (κ1) is 42.4. The maximum atomic E-state index is 13.7. The van der Waals surface area contributed by atoms with Gasteiger partial charge in [-0.2, -0.15) is 0 Å². The Labute approximate surface area is 360 Å². The number of imidazole rings is 2. The summed E-state index contributed by atoms with van der Waals surface area (Å²) in [7, 11) is 2.58. The Balaban J connectivity index is 1.05. The van der Waals surface area contributed by atoms with Gasteiger partial charge in [0.2, 0.25) is 11.8 Å². The van der Waals surface area contributed by atoms with Crippen LogP contribution in [0.1, 0.15) is 103 Å². The number of aromatic nitrogens is 5. The molecule has 328 valence electrons. The zero-order valence-electron chi connectivity index (χ0n) is 36.6. The summed E-state index contributed by atoms with van der Waals surface area (Å²) < 4.78 is 16.5. The second-order valence-electron chi connectivity index (χ2n) is 17.6. The van der Waals surface area contributed by atoms with Gasteiger partial charge in [-0.15, -0.1) is 0 Å². The van der Waals surface area contributed by atoms with E-state index in [4.69, 9.17) is 24.2 Å². The fourth-order valence-electron chi connectivity index (χ4n) is 9.24. The number of fused-ring (bicyclic) bond motifs is 5. The van der Waals surface area contributed by atoms with E-state index in [-0.39, 0.29) is 47.8 Å². The van der Waals surface area contributed by atoms with Crippen molar-refractivity contribution in [2.75, 3.05) is 27.3 Å². The molecule has 16 nitrogen and oxygen atoms in total. The third-order valence-electron chi connectivity index (χ3n) is 12.5. The normalized spacial score (nSPS) is 19.4. The number of rotatable bonds is 11. The molecule has 5 atom stereocenters. The highest BCUT2D eigenvalue weighted by atomic mass is 16.5. The van der Waals surface area contributed by atoms with Gasteiger partial charge in [0.25, 0.3) is 0 Å². The van der Waals surface area contributed by atoms with Crippen LogP contribution in [0.25, 0.3) is 44.7 Å². The molecule has 3 aliphatic rings. The van der Waals surface area contributed by atoms with Gasteiger partial charge in [0, 0.05) is 46.2 Å². The van der Waals surface area contributed by atoms with Crippen molar-refractivity contribution in [2.45, 2.75) is 97.5 Å². The number of hydrogen-bond donors (Lipinski definition) is 5. The number of carbonyl (C=O) groups is 4. The Hall–Kier alpha value is -6.32. The fourth-order valence-corrected chi connectivity index (χ4v) is 9.24. The highest BCUT2D eigenvalue weighted by Crippen LogP contribution is 2.49. The predicted octanol–water partition coefficient (Wildman–Crippen LogP) is 7.79. The molecule has 62 heavy (non-hydrogen) atoms. The maximum Gasteiger partial charge on any atom is 0.407 e. The molecule has 0 bridgehead atoms. The van der Waals surface area contributed by atoms with Crippen molar-refractivity contribution < 1.29 is 33.4 Å². The molecule has 0 aliphatic carbocycles. The van der Waals surface area contributed by atoms with Crippen LogP contribution < -0.4 is 15.4 Å². The summed E-state index contributed by atoms with van der Waals surface area (Å²) in [6, 6.07) is 10.6. The number of amides is 4. The van der Waals surface area contributed by atoms with Crippen molar-refractivity contribution in [2.24, 2.45) is 17.8 Å². The minimum absolute atomic E-state index is 0.122. The van der Waals surface area contributed by atoms with Crippen LogP contribution >= 0.6 is 0 Å². The molecule has 8 rings (SSSR count). The highest BCUT2D eigenvalue weighted by Gasteiger charge is 2.39. The summed E-state index contributed by atoms with van der Waals surface area (Å²) in [6.45, 7) is 13.1. The van der Waals surface area contributed by atoms with E-state index in [1.54, 1.807) is 6.20 Å². The van der Waals surface area contributed by atoms with Gasteiger partial charge in [-0.1, -0.05) is 53.7 Å². The van der Waals surface area contributed by atoms with E-state index in [9.17, 15) is 19.2 Å². The number of H-pyrrole nitrogens is 3. The number of hydrogen-bond acceptors (Lipinski definition) is 9. The monoisotopic (exact) mass is 847 g/mol. The Morgan fingerprint density at radius 2 is 1.24 bits per heavy atom. The number of aromatic amines is 3. The number of carbonyl (C=O) groups excluding carboxylic acids is 4. The zero-order chi connectivity index (χ0) is 44.0. The molecule has 3 aliphatic heterocycles. The first-order valence-electron chi connectivity index (χ1n) is 21.6. The number of alkyl carbamates (subject to hydrolysis) is 2. The SMILES string of the molecule is COC(=O)N[C@H](C(=O)N1CCC[C@H]1c1ncc(-c2ccc3c(c2)OC(C(C)C)c2c-3[nH]c3ccc(-c4cnc([C@@H]5CCCN5C(=O)[C@@H](NC(=O)OC)C(C)C)[nH]4)cc23)[nH]1)C(C)C. The molecule has 1 unspecified atom stereocenters. The number of benzene rings is 2. The molecule has 2 aromatic carbocycles. The van der Waals surface area contributed by atoms with E-state index < -0.39 is 24.3 Å². The Bertz CT molecular complexity index is 2480. The van der Waals surface area contributed by atoms with E-state index in [0.717, 1.165) is 81.7 Å². The van der Waals surface area contributed by atoms with Gasteiger partial charge in [-0.3, -0.25) is 9.59 Å². The summed E-state index contributed by atoms with van der Waals surface area (Å²) in [6.07, 6.45) is 5.31. The van der Waals surface area contributed by atoms with Crippen LogP contribution in [0, 0.1) is 17.8 Å². The lowest BCUT2D eigenvalue weighted by Crippen LogP contribution is -2.51. The van der Waals surface area contributed by atoms with Crippen LogP contribution in [0.4, 0.5) is 9.59 Å². The first-order valence-corrected chi connectivity index (χ1v) is 21.6. The van der Waals surface area contributed by atoms with Crippen LogP contribution in [-0.4, -0.2) is 98.1 Å². The van der Waals surface area contributed by atoms with E-state index in [1.807, 2.05) is 49.8 Å². The smallest absolute Gasteiger partial charge is 0.407 e. The Morgan fingerprint density at radius 3 is 1.74 bits per heavy atom. The molecule has 0 spiro atoms. The van der Waals surface area contributed by atoms with E-state index in [1.165, 1.54) is 14.2 Å². The Kier molecular flexibility index (Phi) is 11.8. The van der Waals surface area contributed by atoms with E-state index >= 15 is 0 Å². The lowest BCUT2D eigenvalue weighted by molar-refractivity contribution is -0.136. The van der Waals surface area contributed by atoms with Crippen molar-refractivity contribution in [3.8, 4) is 39.5 Å². The van der Waals surface area contributed by atoms with Crippen LogP contribution in [0.2, 0.25) is 0 Å². The number of nitrogens with one attached hydrogen (secondary N) is 5. The van der Waals surface area contributed by atoms with Crippen LogP contribution in [-0.2, 0) is 19.1 Å². The second kappa shape index (κ2) is 17.2. The summed E-state index contributed by atoms with van der Waals surface area (Å²) in [4.78, 5) is 75.5. The summed E-state index contributed by atoms with van der Waals surface area (Å²) in [5, 5.41) is 6.49. The Morgan fingerprint density at radius 1 is 0.726 bits per heavy atom. The number of ether oxygens (including phenoxy) is 3. The van der Waals surface area contributed by atoms with Crippen LogP contribution in [0.15, 0.2) is 48.8 Å². The predicted molar refractivity (Wildman–Crippen MR) is 233 cm³/mol. The molecule has 5 N–H and O–H groups in total. The molecule has 6 heterocycles. The van der Waals surface area contributed by atoms with Gasteiger partial charge >= 0.3 is 12.2 Å². The lowest BCUT2D eigenvalue weighted by Gasteiger charge is -2.30. The van der Waals surface area contributed by atoms with E-state index in [0.29, 0.717) is 24.7 Å². The molecule has 3 aromatic heterocycles. The van der Waals surface area contributed by atoms with Gasteiger partial charge in [-0.05, 0) is 67.7 Å². The molecule has 2 saturated heterocycles. The topological polar surface area (TPSA) is 200 Å². The quantitative estimate of drug-likeness (QED) is 0.0880. The average Bonchev–Trinajstić information content (AvgIpc) is 4.12. The van der Waals surface area contributed by atoms with Gasteiger partial charge in [0.05, 0.1) is 55.8 Å². The molecular formula is C46H57N9O7. The summed E-state index contributed by atoms with van der Waals surface area (Å²) in [5.41, 5.74) is 7.58. The largest absolute Gasteiger partial charge is 0.485 e. The van der Waals surface area contributed by atoms with Gasteiger partial charge < -0.3 is 49.6 Å². The van der Waals surface area contributed by atoms with Crippen molar-refractivity contribution in [3.63, 3.8) is 0 Å². The molecular weight excluding hydrogens is 791 g/mol. The molecule has 0 saturated carbocycles. The standard InChI is InChI=1S/C46H57N9O7/c1-23(2)37(52-45(58)60-7)43(56)54-17-9-11-33(54)41-47-21-31(50-41)26-14-16-30-29(19-26)36-39(49-30)28-15-13-27(20-35(28)62-40(36)25(5)6)32-22-48-42(51-32)34-12-10-18-55(34)44(57)38(24(3)4)53-46(59)61-8/h13-16,19-25,33-34,37-38,40,49H,9-12,17-18H2,1-8H3,(H,47,50)(H,48,51)(H,52,58)(H,53,59)/t33-,34-,37-,38-,40?/m0/s1. The molecule has 2 fully saturated rings. The molecule has 5 aromatic rings. The van der Waals surface area contributed by atoms with E-state index in [2.05, 4.69) is 69.8 Å². The average molecular weight is 848 g/mol. The lowest BCUT2D eigenvalue weighted by atomic mass is 9.90. The first-order chi connectivity index (χ1) is 29.8. The van der Waals surface area contributed by atoms with Gasteiger partial charge in [0.1, 0.15) is 35.6 Å². The van der Waals surface area contributed by atoms with Crippen LogP contribution in [0.5, 0.6) is 5.75 Å². The third-order valence-corrected chi connectivity index (χ3v) is 12.5. The molecule has 0 radical (unpaired) electrons. The summed E-state index contributed by atoms with van der Waals surface area (Å²) >= 11 is 0.